The first-order valence-corrected chi connectivity index (χ1v) is 6.83. The van der Waals surface area contributed by atoms with Crippen molar-refractivity contribution in [3.63, 3.8) is 0 Å². The molecular formula is C16H12ClN3O. The third-order valence-corrected chi connectivity index (χ3v) is 3.29. The molecule has 0 aliphatic heterocycles. The molecule has 5 heteroatoms. The molecule has 21 heavy (non-hydrogen) atoms. The number of hydrogen-bond donors (Lipinski definition) is 1. The number of halogens is 1. The molecule has 3 rings (SSSR count). The van der Waals surface area contributed by atoms with Crippen LogP contribution in [0.5, 0.6) is 0 Å². The summed E-state index contributed by atoms with van der Waals surface area (Å²) in [6.45, 7) is 0. The van der Waals surface area contributed by atoms with Gasteiger partial charge in [0.05, 0.1) is 6.42 Å². The summed E-state index contributed by atoms with van der Waals surface area (Å²) in [5, 5.41) is 5.28. The summed E-state index contributed by atoms with van der Waals surface area (Å²) in [6.07, 6.45) is 1.60. The molecule has 0 bridgehead atoms. The fourth-order valence-electron chi connectivity index (χ4n) is 2.12. The molecule has 1 amide bonds. The van der Waals surface area contributed by atoms with E-state index in [0.717, 1.165) is 16.3 Å². The Morgan fingerprint density at radius 3 is 2.67 bits per heavy atom. The SMILES string of the molecule is O=C(Cc1ccc2ccccc2c1)Nc1cc(Cl)ncn1. The summed E-state index contributed by atoms with van der Waals surface area (Å²) in [4.78, 5) is 19.7. The molecule has 4 nitrogen and oxygen atoms in total. The van der Waals surface area contributed by atoms with E-state index in [9.17, 15) is 4.79 Å². The van der Waals surface area contributed by atoms with Crippen molar-refractivity contribution in [2.24, 2.45) is 0 Å². The second kappa shape index (κ2) is 5.89. The predicted molar refractivity (Wildman–Crippen MR) is 83.3 cm³/mol. The molecule has 3 aromatic rings. The third kappa shape index (κ3) is 3.35. The van der Waals surface area contributed by atoms with Gasteiger partial charge in [-0.05, 0) is 16.3 Å². The maximum Gasteiger partial charge on any atom is 0.229 e. The average molecular weight is 298 g/mol. The Hall–Kier alpha value is -2.46. The Morgan fingerprint density at radius 1 is 1.05 bits per heavy atom. The van der Waals surface area contributed by atoms with Crippen LogP contribution in [0.15, 0.2) is 54.9 Å². The highest BCUT2D eigenvalue weighted by molar-refractivity contribution is 6.29. The lowest BCUT2D eigenvalue weighted by Crippen LogP contribution is -2.15. The van der Waals surface area contributed by atoms with Crippen LogP contribution in [0.2, 0.25) is 5.15 Å². The van der Waals surface area contributed by atoms with E-state index in [0.29, 0.717) is 11.0 Å². The lowest BCUT2D eigenvalue weighted by atomic mass is 10.1. The van der Waals surface area contributed by atoms with Gasteiger partial charge in [-0.25, -0.2) is 9.97 Å². The van der Waals surface area contributed by atoms with Gasteiger partial charge in [-0.3, -0.25) is 4.79 Å². The summed E-state index contributed by atoms with van der Waals surface area (Å²) in [5.41, 5.74) is 0.950. The Morgan fingerprint density at radius 2 is 1.86 bits per heavy atom. The lowest BCUT2D eigenvalue weighted by molar-refractivity contribution is -0.115. The first-order chi connectivity index (χ1) is 10.2. The van der Waals surface area contributed by atoms with Gasteiger partial charge in [-0.1, -0.05) is 54.1 Å². The van der Waals surface area contributed by atoms with Crippen molar-refractivity contribution in [1.82, 2.24) is 9.97 Å². The van der Waals surface area contributed by atoms with Gasteiger partial charge in [0, 0.05) is 6.07 Å². The topological polar surface area (TPSA) is 54.9 Å². The van der Waals surface area contributed by atoms with Gasteiger partial charge in [0.15, 0.2) is 0 Å². The molecule has 0 radical (unpaired) electrons. The first-order valence-electron chi connectivity index (χ1n) is 6.46. The van der Waals surface area contributed by atoms with Gasteiger partial charge < -0.3 is 5.32 Å². The summed E-state index contributed by atoms with van der Waals surface area (Å²) < 4.78 is 0. The van der Waals surface area contributed by atoms with E-state index in [1.54, 1.807) is 0 Å². The molecular weight excluding hydrogens is 286 g/mol. The number of anilines is 1. The van der Waals surface area contributed by atoms with Gasteiger partial charge >= 0.3 is 0 Å². The van der Waals surface area contributed by atoms with Crippen LogP contribution in [0.3, 0.4) is 0 Å². The number of benzene rings is 2. The molecule has 0 aliphatic rings. The van der Waals surface area contributed by atoms with Crippen molar-refractivity contribution < 1.29 is 4.79 Å². The Labute approximate surface area is 126 Å². The monoisotopic (exact) mass is 297 g/mol. The molecule has 2 aromatic carbocycles. The highest BCUT2D eigenvalue weighted by atomic mass is 35.5. The highest BCUT2D eigenvalue weighted by Crippen LogP contribution is 2.16. The first kappa shape index (κ1) is 13.5. The summed E-state index contributed by atoms with van der Waals surface area (Å²) >= 11 is 5.75. The van der Waals surface area contributed by atoms with Gasteiger partial charge in [-0.15, -0.1) is 0 Å². The molecule has 1 aromatic heterocycles. The number of amides is 1. The van der Waals surface area contributed by atoms with Gasteiger partial charge in [0.25, 0.3) is 0 Å². The van der Waals surface area contributed by atoms with E-state index in [1.165, 1.54) is 12.4 Å². The predicted octanol–water partition coefficient (Wildman–Crippen LogP) is 3.46. The second-order valence-electron chi connectivity index (χ2n) is 4.63. The van der Waals surface area contributed by atoms with Crippen LogP contribution in [0, 0.1) is 0 Å². The van der Waals surface area contributed by atoms with E-state index in [-0.39, 0.29) is 12.3 Å². The van der Waals surface area contributed by atoms with Crippen molar-refractivity contribution >= 4 is 34.1 Å². The minimum Gasteiger partial charge on any atom is -0.310 e. The van der Waals surface area contributed by atoms with Crippen LogP contribution in [-0.2, 0) is 11.2 Å². The standard InChI is InChI=1S/C16H12ClN3O/c17-14-9-15(19-10-18-14)20-16(21)8-11-5-6-12-3-1-2-4-13(12)7-11/h1-7,9-10H,8H2,(H,18,19,20,21). The summed E-state index contributed by atoms with van der Waals surface area (Å²) in [7, 11) is 0. The number of nitrogens with one attached hydrogen (secondary N) is 1. The number of fused-ring (bicyclic) bond motifs is 1. The van der Waals surface area contributed by atoms with Crippen molar-refractivity contribution in [2.45, 2.75) is 6.42 Å². The van der Waals surface area contributed by atoms with Crippen LogP contribution < -0.4 is 5.32 Å². The lowest BCUT2D eigenvalue weighted by Gasteiger charge is -2.05. The number of carbonyl (C=O) groups is 1. The molecule has 0 spiro atoms. The number of nitrogens with zero attached hydrogens (tertiary/aromatic N) is 2. The average Bonchev–Trinajstić information content (AvgIpc) is 2.47. The molecule has 0 saturated heterocycles. The van der Waals surface area contributed by atoms with Gasteiger partial charge in [-0.2, -0.15) is 0 Å². The highest BCUT2D eigenvalue weighted by Gasteiger charge is 2.06. The van der Waals surface area contributed by atoms with E-state index < -0.39 is 0 Å². The quantitative estimate of drug-likeness (QED) is 0.753. The number of rotatable bonds is 3. The molecule has 0 fully saturated rings. The summed E-state index contributed by atoms with van der Waals surface area (Å²) in [5.74, 6) is 0.265. The van der Waals surface area contributed by atoms with Gasteiger partial charge in [0.1, 0.15) is 17.3 Å². The van der Waals surface area contributed by atoms with Crippen molar-refractivity contribution in [2.75, 3.05) is 5.32 Å². The van der Waals surface area contributed by atoms with Crippen molar-refractivity contribution in [3.05, 3.63) is 65.6 Å². The maximum absolute atomic E-state index is 12.0. The Bertz CT molecular complexity index is 804. The molecule has 1 N–H and O–H groups in total. The second-order valence-corrected chi connectivity index (χ2v) is 5.02. The number of hydrogen-bond acceptors (Lipinski definition) is 3. The zero-order valence-electron chi connectivity index (χ0n) is 11.1. The van der Waals surface area contributed by atoms with Crippen LogP contribution in [-0.4, -0.2) is 15.9 Å². The minimum atomic E-state index is -0.139. The molecule has 0 atom stereocenters. The van der Waals surface area contributed by atoms with E-state index in [1.807, 2.05) is 42.5 Å². The smallest absolute Gasteiger partial charge is 0.229 e. The number of aromatic nitrogens is 2. The zero-order chi connectivity index (χ0) is 14.7. The van der Waals surface area contributed by atoms with Crippen LogP contribution in [0.1, 0.15) is 5.56 Å². The Balaban J connectivity index is 1.74. The maximum atomic E-state index is 12.0. The normalized spacial score (nSPS) is 10.5. The van der Waals surface area contributed by atoms with Crippen LogP contribution >= 0.6 is 11.6 Å². The molecule has 0 aliphatic carbocycles. The largest absolute Gasteiger partial charge is 0.310 e. The van der Waals surface area contributed by atoms with Crippen LogP contribution in [0.25, 0.3) is 10.8 Å². The zero-order valence-corrected chi connectivity index (χ0v) is 11.8. The van der Waals surface area contributed by atoms with Crippen molar-refractivity contribution in [1.29, 1.82) is 0 Å². The van der Waals surface area contributed by atoms with Crippen LogP contribution in [0.4, 0.5) is 5.82 Å². The number of carbonyl (C=O) groups excluding carboxylic acids is 1. The Kier molecular flexibility index (Phi) is 3.79. The van der Waals surface area contributed by atoms with E-state index >= 15 is 0 Å². The fourth-order valence-corrected chi connectivity index (χ4v) is 2.27. The molecule has 1 heterocycles. The molecule has 104 valence electrons. The third-order valence-electron chi connectivity index (χ3n) is 3.08. The fraction of sp³-hybridized carbons (Fsp3) is 0.0625. The van der Waals surface area contributed by atoms with E-state index in [4.69, 9.17) is 11.6 Å². The molecule has 0 saturated carbocycles. The van der Waals surface area contributed by atoms with Gasteiger partial charge in [0.2, 0.25) is 5.91 Å². The minimum absolute atomic E-state index is 0.139. The summed E-state index contributed by atoms with van der Waals surface area (Å²) in [6, 6.07) is 15.5. The van der Waals surface area contributed by atoms with E-state index in [2.05, 4.69) is 15.3 Å². The van der Waals surface area contributed by atoms with Crippen molar-refractivity contribution in [3.8, 4) is 0 Å². The molecule has 0 unspecified atom stereocenters.